The molecule has 0 spiro atoms. The molecule has 0 bridgehead atoms. The fraction of sp³-hybridized carbons (Fsp3) is 0.194. The molecule has 3 aromatic rings. The van der Waals surface area contributed by atoms with Gasteiger partial charge < -0.3 is 29.6 Å². The first-order valence-corrected chi connectivity index (χ1v) is 12.8. The average molecular weight is 558 g/mol. The first-order chi connectivity index (χ1) is 19.7. The fourth-order valence-corrected chi connectivity index (χ4v) is 4.31. The van der Waals surface area contributed by atoms with Gasteiger partial charge in [-0.15, -0.1) is 0 Å². The van der Waals surface area contributed by atoms with E-state index < -0.39 is 18.2 Å². The molecule has 1 heterocycles. The monoisotopic (exact) mass is 557 g/mol. The third-order valence-electron chi connectivity index (χ3n) is 6.12. The maximum absolute atomic E-state index is 13.1. The molecule has 0 saturated heterocycles. The van der Waals surface area contributed by atoms with E-state index >= 15 is 0 Å². The summed E-state index contributed by atoms with van der Waals surface area (Å²) in [5.74, 6) is -0.108. The molecule has 3 aromatic carbocycles. The Morgan fingerprint density at radius 1 is 0.780 bits per heavy atom. The normalized spacial score (nSPS) is 14.5. The second-order valence-corrected chi connectivity index (χ2v) is 9.18. The van der Waals surface area contributed by atoms with Gasteiger partial charge in [-0.3, -0.25) is 10.1 Å². The van der Waals surface area contributed by atoms with Crippen molar-refractivity contribution in [1.29, 1.82) is 0 Å². The number of hydrogen-bond donors (Lipinski definition) is 3. The van der Waals surface area contributed by atoms with Crippen LogP contribution in [0, 0.1) is 0 Å². The molecule has 3 N–H and O–H groups in total. The topological polar surface area (TPSA) is 124 Å². The van der Waals surface area contributed by atoms with Crippen molar-refractivity contribution in [2.75, 3.05) is 17.7 Å². The molecule has 1 unspecified atom stereocenters. The molecule has 41 heavy (non-hydrogen) atoms. The fourth-order valence-electron chi connectivity index (χ4n) is 4.31. The van der Waals surface area contributed by atoms with Gasteiger partial charge in [0.25, 0.3) is 0 Å². The first kappa shape index (κ1) is 28.8. The number of benzene rings is 3. The van der Waals surface area contributed by atoms with E-state index in [1.165, 1.54) is 14.0 Å². The van der Waals surface area contributed by atoms with Gasteiger partial charge in [-0.25, -0.2) is 9.59 Å². The molecule has 1 aliphatic heterocycles. The number of allylic oxidation sites excluding steroid dienone is 2. The van der Waals surface area contributed by atoms with Gasteiger partial charge in [0, 0.05) is 23.9 Å². The summed E-state index contributed by atoms with van der Waals surface area (Å²) in [4.78, 5) is 36.6. The highest BCUT2D eigenvalue weighted by molar-refractivity contribution is 5.90. The quantitative estimate of drug-likeness (QED) is 0.272. The van der Waals surface area contributed by atoms with Gasteiger partial charge in [-0.1, -0.05) is 48.5 Å². The van der Waals surface area contributed by atoms with Gasteiger partial charge in [0.05, 0.1) is 18.5 Å². The second kappa shape index (κ2) is 13.2. The molecular weight excluding hydrogens is 526 g/mol. The zero-order chi connectivity index (χ0) is 29.4. The molecule has 0 aliphatic carbocycles. The van der Waals surface area contributed by atoms with Gasteiger partial charge in [0.2, 0.25) is 5.91 Å². The van der Waals surface area contributed by atoms with E-state index in [1.807, 2.05) is 48.5 Å². The van der Waals surface area contributed by atoms with Crippen molar-refractivity contribution in [3.05, 3.63) is 113 Å². The Hall–Kier alpha value is -5.25. The number of carbonyl (C=O) groups is 3. The van der Waals surface area contributed by atoms with Crippen LogP contribution in [0.4, 0.5) is 21.0 Å². The molecule has 1 aliphatic rings. The lowest BCUT2D eigenvalue weighted by molar-refractivity contribution is -0.114. The summed E-state index contributed by atoms with van der Waals surface area (Å²) in [6.45, 7) is 5.21. The smallest absolute Gasteiger partial charge is 0.489 e. The summed E-state index contributed by atoms with van der Waals surface area (Å²) >= 11 is 0. The highest BCUT2D eigenvalue weighted by Crippen LogP contribution is 2.43. The number of ether oxygens (including phenoxy) is 4. The summed E-state index contributed by atoms with van der Waals surface area (Å²) in [5.41, 5.74) is 3.70. The number of dihydropyridines is 1. The van der Waals surface area contributed by atoms with E-state index in [1.54, 1.807) is 44.2 Å². The van der Waals surface area contributed by atoms with Gasteiger partial charge >= 0.3 is 12.2 Å². The largest absolute Gasteiger partial charge is 0.513 e. The van der Waals surface area contributed by atoms with Crippen LogP contribution in [0.2, 0.25) is 0 Å². The van der Waals surface area contributed by atoms with Gasteiger partial charge in [-0.2, -0.15) is 0 Å². The first-order valence-electron chi connectivity index (χ1n) is 12.8. The van der Waals surface area contributed by atoms with Crippen molar-refractivity contribution in [3.8, 4) is 5.75 Å². The Bertz CT molecular complexity index is 1480. The summed E-state index contributed by atoms with van der Waals surface area (Å²) in [7, 11) is 1.21. The number of amides is 2. The van der Waals surface area contributed by atoms with Crippen molar-refractivity contribution in [1.82, 2.24) is 5.32 Å². The van der Waals surface area contributed by atoms with E-state index in [-0.39, 0.29) is 17.4 Å². The van der Waals surface area contributed by atoms with E-state index in [0.29, 0.717) is 40.7 Å². The zero-order valence-corrected chi connectivity index (χ0v) is 23.1. The maximum Gasteiger partial charge on any atom is 0.513 e. The van der Waals surface area contributed by atoms with Crippen LogP contribution in [0.25, 0.3) is 0 Å². The molecule has 2 amide bonds. The minimum atomic E-state index is -0.920. The minimum Gasteiger partial charge on any atom is -0.489 e. The predicted molar refractivity (Wildman–Crippen MR) is 153 cm³/mol. The van der Waals surface area contributed by atoms with Crippen molar-refractivity contribution in [3.63, 3.8) is 0 Å². The van der Waals surface area contributed by atoms with Crippen LogP contribution in [0.5, 0.6) is 5.75 Å². The molecule has 4 rings (SSSR count). The highest BCUT2D eigenvalue weighted by atomic mass is 16.7. The predicted octanol–water partition coefficient (Wildman–Crippen LogP) is 6.41. The molecule has 0 saturated carbocycles. The van der Waals surface area contributed by atoms with E-state index in [0.717, 1.165) is 5.56 Å². The van der Waals surface area contributed by atoms with Crippen LogP contribution >= 0.6 is 0 Å². The van der Waals surface area contributed by atoms with Gasteiger partial charge in [0.1, 0.15) is 29.8 Å². The maximum atomic E-state index is 13.1. The number of anilines is 2. The van der Waals surface area contributed by atoms with Crippen LogP contribution in [-0.2, 0) is 25.6 Å². The Labute approximate surface area is 237 Å². The molecule has 1 atom stereocenters. The summed E-state index contributed by atoms with van der Waals surface area (Å²) in [5, 5.41) is 8.48. The average Bonchev–Trinajstić information content (AvgIpc) is 2.96. The third kappa shape index (κ3) is 7.45. The number of para-hydroxylation sites is 1. The van der Waals surface area contributed by atoms with Crippen LogP contribution in [0.15, 0.2) is 102 Å². The SMILES string of the molecule is COC(=O)OC1=C(C)NC(C)=C(OC(=O)Nc2ccc(NC(C)=O)cc2)C1c1ccccc1OCc1ccccc1. The highest BCUT2D eigenvalue weighted by Gasteiger charge is 2.37. The lowest BCUT2D eigenvalue weighted by atomic mass is 9.90. The van der Waals surface area contributed by atoms with E-state index in [9.17, 15) is 14.4 Å². The Morgan fingerprint density at radius 3 is 2.00 bits per heavy atom. The molecule has 0 fully saturated rings. The van der Waals surface area contributed by atoms with E-state index in [2.05, 4.69) is 16.0 Å². The van der Waals surface area contributed by atoms with Crippen molar-refractivity contribution in [2.24, 2.45) is 0 Å². The number of methoxy groups -OCH3 is 1. The van der Waals surface area contributed by atoms with Crippen LogP contribution in [-0.4, -0.2) is 25.3 Å². The molecule has 0 radical (unpaired) electrons. The van der Waals surface area contributed by atoms with Crippen LogP contribution < -0.4 is 20.7 Å². The molecule has 10 heteroatoms. The summed E-state index contributed by atoms with van der Waals surface area (Å²) in [6, 6.07) is 23.5. The summed E-state index contributed by atoms with van der Waals surface area (Å²) < 4.78 is 22.4. The van der Waals surface area contributed by atoms with Crippen LogP contribution in [0.1, 0.15) is 37.8 Å². The van der Waals surface area contributed by atoms with Crippen LogP contribution in [0.3, 0.4) is 0 Å². The van der Waals surface area contributed by atoms with Crippen molar-refractivity contribution >= 4 is 29.5 Å². The lowest BCUT2D eigenvalue weighted by Gasteiger charge is -2.31. The second-order valence-electron chi connectivity index (χ2n) is 9.18. The van der Waals surface area contributed by atoms with E-state index in [4.69, 9.17) is 18.9 Å². The molecular formula is C31H31N3O7. The standard InChI is InChI=1S/C31H31N3O7/c1-19-28(40-30(36)34-24-16-14-23(15-17-24)33-21(3)35)27(29(20(2)32-19)41-31(37)38-4)25-12-8-9-13-26(25)39-18-22-10-6-5-7-11-22/h5-17,27,32H,18H2,1-4H3,(H,33,35)(H,34,36). The van der Waals surface area contributed by atoms with Gasteiger partial charge in [0.15, 0.2) is 0 Å². The third-order valence-corrected chi connectivity index (χ3v) is 6.12. The molecule has 0 aromatic heterocycles. The lowest BCUT2D eigenvalue weighted by Crippen LogP contribution is -2.30. The minimum absolute atomic E-state index is 0.195. The Morgan fingerprint density at radius 2 is 1.37 bits per heavy atom. The number of rotatable bonds is 8. The number of nitrogens with one attached hydrogen (secondary N) is 3. The Balaban J connectivity index is 1.64. The van der Waals surface area contributed by atoms with Crippen molar-refractivity contribution < 1.29 is 33.3 Å². The number of hydrogen-bond acceptors (Lipinski definition) is 8. The van der Waals surface area contributed by atoms with Crippen molar-refractivity contribution in [2.45, 2.75) is 33.3 Å². The summed E-state index contributed by atoms with van der Waals surface area (Å²) in [6.07, 6.45) is -1.69. The Kier molecular flexibility index (Phi) is 9.26. The zero-order valence-electron chi connectivity index (χ0n) is 23.1. The molecule has 212 valence electrons. The molecule has 10 nitrogen and oxygen atoms in total. The van der Waals surface area contributed by atoms with Gasteiger partial charge in [-0.05, 0) is 49.7 Å². The number of carbonyl (C=O) groups excluding carboxylic acids is 3.